The molecule has 2 aliphatic heterocycles. The van der Waals surface area contributed by atoms with Gasteiger partial charge in [-0.1, -0.05) is 6.07 Å². The average molecular weight is 342 g/mol. The number of fused-ring (bicyclic) bond motifs is 3. The van der Waals surface area contributed by atoms with Gasteiger partial charge in [0.15, 0.2) is 0 Å². The maximum absolute atomic E-state index is 12.5. The van der Waals surface area contributed by atoms with Crippen molar-refractivity contribution in [3.05, 3.63) is 35.6 Å². The van der Waals surface area contributed by atoms with Gasteiger partial charge in [-0.3, -0.25) is 4.79 Å². The van der Waals surface area contributed by atoms with Crippen molar-refractivity contribution < 1.29 is 18.7 Å². The first-order chi connectivity index (χ1) is 12.0. The van der Waals surface area contributed by atoms with Gasteiger partial charge in [0.05, 0.1) is 6.10 Å². The van der Waals surface area contributed by atoms with Crippen molar-refractivity contribution >= 4 is 22.8 Å². The molecule has 2 bridgehead atoms. The first-order valence-electron chi connectivity index (χ1n) is 8.81. The Kier molecular flexibility index (Phi) is 4.00. The number of benzene rings is 1. The van der Waals surface area contributed by atoms with E-state index in [1.807, 2.05) is 0 Å². The van der Waals surface area contributed by atoms with Crippen LogP contribution >= 0.6 is 0 Å². The lowest BCUT2D eigenvalue weighted by Crippen LogP contribution is -2.42. The van der Waals surface area contributed by atoms with Gasteiger partial charge in [-0.2, -0.15) is 0 Å². The molecule has 0 aliphatic carbocycles. The van der Waals surface area contributed by atoms with Crippen LogP contribution in [0.15, 0.2) is 28.7 Å². The van der Waals surface area contributed by atoms with Crippen LogP contribution < -0.4 is 10.6 Å². The van der Waals surface area contributed by atoms with E-state index < -0.39 is 5.97 Å². The highest BCUT2D eigenvalue weighted by Crippen LogP contribution is 2.28. The Morgan fingerprint density at radius 1 is 1.28 bits per heavy atom. The fourth-order valence-electron chi connectivity index (χ4n) is 3.78. The van der Waals surface area contributed by atoms with Gasteiger partial charge >= 0.3 is 5.97 Å². The summed E-state index contributed by atoms with van der Waals surface area (Å²) in [5.41, 5.74) is 1.04. The zero-order valence-corrected chi connectivity index (χ0v) is 14.4. The molecule has 0 saturated carbocycles. The van der Waals surface area contributed by atoms with E-state index in [0.29, 0.717) is 23.2 Å². The van der Waals surface area contributed by atoms with Gasteiger partial charge in [0, 0.05) is 29.1 Å². The Hall–Kier alpha value is -2.34. The summed E-state index contributed by atoms with van der Waals surface area (Å²) in [5, 5.41) is 7.40. The molecule has 4 rings (SSSR count). The number of hydrogen-bond acceptors (Lipinski definition) is 5. The van der Waals surface area contributed by atoms with E-state index in [-0.39, 0.29) is 23.8 Å². The van der Waals surface area contributed by atoms with Crippen molar-refractivity contribution in [2.45, 2.75) is 57.3 Å². The number of hydrogen-bond donors (Lipinski definition) is 2. The van der Waals surface area contributed by atoms with Crippen molar-refractivity contribution in [2.24, 2.45) is 0 Å². The van der Waals surface area contributed by atoms with Gasteiger partial charge in [-0.05, 0) is 51.3 Å². The van der Waals surface area contributed by atoms with Gasteiger partial charge in [-0.25, -0.2) is 4.79 Å². The zero-order valence-electron chi connectivity index (χ0n) is 14.4. The third-order valence-electron chi connectivity index (χ3n) is 4.94. The fourth-order valence-corrected chi connectivity index (χ4v) is 3.78. The molecule has 0 unspecified atom stereocenters. The molecule has 1 aromatic heterocycles. The summed E-state index contributed by atoms with van der Waals surface area (Å²) < 4.78 is 10.7. The van der Waals surface area contributed by atoms with E-state index in [4.69, 9.17) is 9.15 Å². The third kappa shape index (κ3) is 3.14. The second-order valence-electron chi connectivity index (χ2n) is 7.18. The number of amides is 1. The van der Waals surface area contributed by atoms with E-state index in [9.17, 15) is 9.59 Å². The normalized spacial score (nSPS) is 24.8. The molecule has 1 aromatic carbocycles. The smallest absolute Gasteiger partial charge is 0.374 e. The topological polar surface area (TPSA) is 80.6 Å². The summed E-state index contributed by atoms with van der Waals surface area (Å²) in [6.07, 6.45) is 3.10. The molecule has 2 fully saturated rings. The molecule has 6 nitrogen and oxygen atoms in total. The van der Waals surface area contributed by atoms with E-state index in [1.165, 1.54) is 6.42 Å². The average Bonchev–Trinajstić information content (AvgIpc) is 3.28. The van der Waals surface area contributed by atoms with Gasteiger partial charge in [0.25, 0.3) is 5.91 Å². The zero-order chi connectivity index (χ0) is 17.6. The molecule has 3 heterocycles. The van der Waals surface area contributed by atoms with Crippen molar-refractivity contribution in [3.63, 3.8) is 0 Å². The van der Waals surface area contributed by atoms with Crippen LogP contribution in [0, 0.1) is 0 Å². The van der Waals surface area contributed by atoms with Crippen molar-refractivity contribution in [1.29, 1.82) is 0 Å². The second kappa shape index (κ2) is 6.19. The van der Waals surface area contributed by atoms with Crippen LogP contribution in [-0.2, 0) is 4.74 Å². The van der Waals surface area contributed by atoms with Gasteiger partial charge in [-0.15, -0.1) is 0 Å². The second-order valence-corrected chi connectivity index (χ2v) is 7.18. The van der Waals surface area contributed by atoms with Crippen LogP contribution in [0.4, 0.5) is 0 Å². The van der Waals surface area contributed by atoms with Crippen LogP contribution in [0.1, 0.15) is 54.0 Å². The summed E-state index contributed by atoms with van der Waals surface area (Å²) in [6, 6.07) is 7.98. The quantitative estimate of drug-likeness (QED) is 0.835. The Morgan fingerprint density at radius 3 is 2.80 bits per heavy atom. The van der Waals surface area contributed by atoms with Gasteiger partial charge in [0.1, 0.15) is 5.58 Å². The number of nitrogens with one attached hydrogen (secondary N) is 2. The lowest BCUT2D eigenvalue weighted by molar-refractivity contribution is 0.0344. The first kappa shape index (κ1) is 16.1. The molecule has 132 valence electrons. The largest absolute Gasteiger partial charge is 0.457 e. The lowest BCUT2D eigenvalue weighted by atomic mass is 9.95. The van der Waals surface area contributed by atoms with Crippen LogP contribution in [0.2, 0.25) is 0 Å². The molecule has 1 amide bonds. The minimum atomic E-state index is -0.495. The Labute approximate surface area is 145 Å². The van der Waals surface area contributed by atoms with Crippen molar-refractivity contribution in [1.82, 2.24) is 10.6 Å². The summed E-state index contributed by atoms with van der Waals surface area (Å²) >= 11 is 0. The number of ether oxygens (including phenoxy) is 1. The van der Waals surface area contributed by atoms with Crippen LogP contribution in [0.5, 0.6) is 0 Å². The van der Waals surface area contributed by atoms with Crippen molar-refractivity contribution in [2.75, 3.05) is 0 Å². The highest BCUT2D eigenvalue weighted by Gasteiger charge is 2.39. The number of rotatable bonds is 4. The SMILES string of the molecule is CC(C)OC(=O)c1cc2ccc(C(=O)N[C@@H]3C[C@H]4CC[C@@H]3N4)cc2o1. The number of carbonyl (C=O) groups excluding carboxylic acids is 2. The molecule has 6 heteroatoms. The monoisotopic (exact) mass is 342 g/mol. The van der Waals surface area contributed by atoms with Crippen LogP contribution in [0.3, 0.4) is 0 Å². The van der Waals surface area contributed by atoms with E-state index in [2.05, 4.69) is 10.6 Å². The first-order valence-corrected chi connectivity index (χ1v) is 8.81. The molecule has 25 heavy (non-hydrogen) atoms. The predicted octanol–water partition coefficient (Wildman–Crippen LogP) is 2.62. The molecule has 0 spiro atoms. The molecule has 2 saturated heterocycles. The number of esters is 1. The van der Waals surface area contributed by atoms with E-state index in [0.717, 1.165) is 18.2 Å². The fraction of sp³-hybridized carbons (Fsp3) is 0.474. The van der Waals surface area contributed by atoms with Crippen LogP contribution in [0.25, 0.3) is 11.0 Å². The number of furan rings is 1. The van der Waals surface area contributed by atoms with Gasteiger partial charge in [0.2, 0.25) is 5.76 Å². The van der Waals surface area contributed by atoms with Crippen molar-refractivity contribution in [3.8, 4) is 0 Å². The molecule has 3 atom stereocenters. The minimum Gasteiger partial charge on any atom is -0.457 e. The summed E-state index contributed by atoms with van der Waals surface area (Å²) in [6.45, 7) is 3.57. The third-order valence-corrected chi connectivity index (χ3v) is 4.94. The number of carbonyl (C=O) groups is 2. The summed E-state index contributed by atoms with van der Waals surface area (Å²) in [5.74, 6) is -0.451. The van der Waals surface area contributed by atoms with E-state index in [1.54, 1.807) is 38.1 Å². The Balaban J connectivity index is 1.50. The Morgan fingerprint density at radius 2 is 2.12 bits per heavy atom. The summed E-state index contributed by atoms with van der Waals surface area (Å²) in [4.78, 5) is 24.5. The maximum Gasteiger partial charge on any atom is 0.374 e. The molecular weight excluding hydrogens is 320 g/mol. The van der Waals surface area contributed by atoms with Crippen LogP contribution in [-0.4, -0.2) is 36.1 Å². The maximum atomic E-state index is 12.5. The molecular formula is C19H22N2O4. The Bertz CT molecular complexity index is 826. The molecule has 2 aromatic rings. The standard InChI is InChI=1S/C19H22N2O4/c1-10(2)24-19(23)17-7-11-3-4-12(8-16(11)25-17)18(22)21-15-9-13-5-6-14(15)20-13/h3-4,7-8,10,13-15,20H,5-6,9H2,1-2H3,(H,21,22)/t13-,14+,15-/m1/s1. The lowest BCUT2D eigenvalue weighted by Gasteiger charge is -2.21. The highest BCUT2D eigenvalue weighted by molar-refractivity contribution is 5.99. The van der Waals surface area contributed by atoms with Gasteiger partial charge < -0.3 is 19.8 Å². The minimum absolute atomic E-state index is 0.107. The highest BCUT2D eigenvalue weighted by atomic mass is 16.6. The molecule has 2 aliphatic rings. The summed E-state index contributed by atoms with van der Waals surface area (Å²) in [7, 11) is 0. The predicted molar refractivity (Wildman–Crippen MR) is 92.6 cm³/mol. The molecule has 2 N–H and O–H groups in total. The van der Waals surface area contributed by atoms with E-state index >= 15 is 0 Å². The molecule has 0 radical (unpaired) electrons.